The Labute approximate surface area is 161 Å². The zero-order chi connectivity index (χ0) is 19.1. The lowest BCUT2D eigenvalue weighted by molar-refractivity contribution is -0.128. The molecule has 1 aliphatic rings. The monoisotopic (exact) mass is 359 g/mol. The molecule has 4 nitrogen and oxygen atoms in total. The van der Waals surface area contributed by atoms with E-state index in [1.165, 1.54) is 17.3 Å². The van der Waals surface area contributed by atoms with Crippen molar-refractivity contribution >= 4 is 11.6 Å². The third-order valence-electron chi connectivity index (χ3n) is 5.05. The minimum atomic E-state index is -0.185. The number of carbonyl (C=O) groups is 1. The first kappa shape index (κ1) is 18.7. The molecule has 1 aliphatic heterocycles. The number of rotatable bonds is 5. The summed E-state index contributed by atoms with van der Waals surface area (Å²) in [6, 6.07) is 20.4. The van der Waals surface area contributed by atoms with Gasteiger partial charge in [-0.15, -0.1) is 0 Å². The SMILES string of the molecule is Cc1ccc(N/C=C(/C#N)C(=O)N2CCC(Cc3ccccc3)CC2)cc1. The van der Waals surface area contributed by atoms with Crippen LogP contribution in [0, 0.1) is 24.2 Å². The molecule has 0 unspecified atom stereocenters. The standard InChI is InChI=1S/C23H25N3O/c1-18-7-9-22(10-8-18)25-17-21(16-24)23(27)26-13-11-20(12-14-26)15-19-5-3-2-4-6-19/h2-10,17,20,25H,11-15H2,1H3/b21-17-. The molecule has 1 N–H and O–H groups in total. The number of hydrogen-bond acceptors (Lipinski definition) is 3. The molecule has 0 saturated carbocycles. The van der Waals surface area contributed by atoms with Crippen LogP contribution >= 0.6 is 0 Å². The molecular weight excluding hydrogens is 334 g/mol. The smallest absolute Gasteiger partial charge is 0.266 e. The van der Waals surface area contributed by atoms with Gasteiger partial charge in [0.1, 0.15) is 11.6 Å². The number of nitrogens with one attached hydrogen (secondary N) is 1. The maximum Gasteiger partial charge on any atom is 0.266 e. The van der Waals surface area contributed by atoms with Gasteiger partial charge >= 0.3 is 0 Å². The average molecular weight is 359 g/mol. The van der Waals surface area contributed by atoms with Gasteiger partial charge in [0.2, 0.25) is 0 Å². The molecule has 0 atom stereocenters. The Kier molecular flexibility index (Phi) is 6.27. The highest BCUT2D eigenvalue weighted by atomic mass is 16.2. The Balaban J connectivity index is 1.54. The number of piperidine rings is 1. The van der Waals surface area contributed by atoms with E-state index in [2.05, 4.69) is 29.6 Å². The number of likely N-dealkylation sites (tertiary alicyclic amines) is 1. The number of benzene rings is 2. The molecule has 27 heavy (non-hydrogen) atoms. The quantitative estimate of drug-likeness (QED) is 0.640. The van der Waals surface area contributed by atoms with Crippen molar-refractivity contribution in [2.45, 2.75) is 26.2 Å². The van der Waals surface area contributed by atoms with Crippen LogP contribution in [0.25, 0.3) is 0 Å². The summed E-state index contributed by atoms with van der Waals surface area (Å²) in [5, 5.41) is 12.4. The van der Waals surface area contributed by atoms with Crippen LogP contribution in [-0.4, -0.2) is 23.9 Å². The van der Waals surface area contributed by atoms with E-state index in [-0.39, 0.29) is 11.5 Å². The van der Waals surface area contributed by atoms with Gasteiger partial charge in [0.25, 0.3) is 5.91 Å². The Morgan fingerprint density at radius 3 is 2.44 bits per heavy atom. The number of nitrogens with zero attached hydrogens (tertiary/aromatic N) is 2. The fourth-order valence-electron chi connectivity index (χ4n) is 3.41. The fraction of sp³-hybridized carbons (Fsp3) is 0.304. The predicted octanol–water partition coefficient (Wildman–Crippen LogP) is 4.30. The minimum Gasteiger partial charge on any atom is -0.360 e. The van der Waals surface area contributed by atoms with Crippen LogP contribution < -0.4 is 5.32 Å². The topological polar surface area (TPSA) is 56.1 Å². The second kappa shape index (κ2) is 9.05. The van der Waals surface area contributed by atoms with Crippen LogP contribution in [0.2, 0.25) is 0 Å². The van der Waals surface area contributed by atoms with Crippen LogP contribution in [-0.2, 0) is 11.2 Å². The van der Waals surface area contributed by atoms with Crippen LogP contribution in [0.1, 0.15) is 24.0 Å². The number of carbonyl (C=O) groups excluding carboxylic acids is 1. The average Bonchev–Trinajstić information content (AvgIpc) is 2.71. The summed E-state index contributed by atoms with van der Waals surface area (Å²) >= 11 is 0. The van der Waals surface area contributed by atoms with Gasteiger partial charge in [0, 0.05) is 25.0 Å². The van der Waals surface area contributed by atoms with E-state index in [4.69, 9.17) is 0 Å². The summed E-state index contributed by atoms with van der Waals surface area (Å²) in [7, 11) is 0. The number of nitriles is 1. The van der Waals surface area contributed by atoms with Crippen LogP contribution in [0.15, 0.2) is 66.4 Å². The van der Waals surface area contributed by atoms with Crippen LogP contribution in [0.3, 0.4) is 0 Å². The van der Waals surface area contributed by atoms with Crippen molar-refractivity contribution in [1.29, 1.82) is 5.26 Å². The van der Waals surface area contributed by atoms with Crippen molar-refractivity contribution in [2.75, 3.05) is 18.4 Å². The first-order valence-corrected chi connectivity index (χ1v) is 9.42. The number of aryl methyl sites for hydroxylation is 1. The van der Waals surface area contributed by atoms with Crippen molar-refractivity contribution in [3.05, 3.63) is 77.5 Å². The Morgan fingerprint density at radius 2 is 1.81 bits per heavy atom. The fourth-order valence-corrected chi connectivity index (χ4v) is 3.41. The molecule has 1 fully saturated rings. The van der Waals surface area contributed by atoms with Gasteiger partial charge in [-0.1, -0.05) is 48.0 Å². The normalized spacial score (nSPS) is 15.3. The molecule has 1 saturated heterocycles. The first-order valence-electron chi connectivity index (χ1n) is 9.42. The molecule has 0 bridgehead atoms. The van der Waals surface area contributed by atoms with Gasteiger partial charge in [0.05, 0.1) is 0 Å². The van der Waals surface area contributed by atoms with Crippen LogP contribution in [0.5, 0.6) is 0 Å². The number of hydrogen-bond donors (Lipinski definition) is 1. The zero-order valence-corrected chi connectivity index (χ0v) is 15.7. The van der Waals surface area contributed by atoms with Crippen molar-refractivity contribution in [3.63, 3.8) is 0 Å². The van der Waals surface area contributed by atoms with Gasteiger partial charge in [-0.3, -0.25) is 4.79 Å². The van der Waals surface area contributed by atoms with E-state index in [0.717, 1.165) is 24.9 Å². The largest absolute Gasteiger partial charge is 0.360 e. The predicted molar refractivity (Wildman–Crippen MR) is 108 cm³/mol. The highest BCUT2D eigenvalue weighted by molar-refractivity contribution is 5.97. The summed E-state index contributed by atoms with van der Waals surface area (Å²) in [6.07, 6.45) is 4.53. The van der Waals surface area contributed by atoms with E-state index >= 15 is 0 Å². The van der Waals surface area contributed by atoms with Gasteiger partial charge in [-0.25, -0.2) is 0 Å². The van der Waals surface area contributed by atoms with Crippen molar-refractivity contribution in [3.8, 4) is 6.07 Å². The minimum absolute atomic E-state index is 0.150. The molecule has 2 aromatic rings. The van der Waals surface area contributed by atoms with Gasteiger partial charge in [-0.05, 0) is 49.8 Å². The lowest BCUT2D eigenvalue weighted by Gasteiger charge is -2.32. The van der Waals surface area contributed by atoms with E-state index in [1.54, 1.807) is 4.90 Å². The van der Waals surface area contributed by atoms with E-state index in [1.807, 2.05) is 43.3 Å². The molecule has 1 amide bonds. The molecule has 0 radical (unpaired) electrons. The van der Waals surface area contributed by atoms with Gasteiger partial charge < -0.3 is 10.2 Å². The third kappa shape index (κ3) is 5.21. The third-order valence-corrected chi connectivity index (χ3v) is 5.05. The molecule has 0 spiro atoms. The van der Waals surface area contributed by atoms with Crippen LogP contribution in [0.4, 0.5) is 5.69 Å². The van der Waals surface area contributed by atoms with E-state index < -0.39 is 0 Å². The van der Waals surface area contributed by atoms with Crippen molar-refractivity contribution < 1.29 is 4.79 Å². The van der Waals surface area contributed by atoms with Gasteiger partial charge in [0.15, 0.2) is 0 Å². The molecular formula is C23H25N3O. The van der Waals surface area contributed by atoms with E-state index in [9.17, 15) is 10.1 Å². The molecule has 138 valence electrons. The molecule has 3 rings (SSSR count). The zero-order valence-electron chi connectivity index (χ0n) is 15.7. The molecule has 2 aromatic carbocycles. The molecule has 0 aliphatic carbocycles. The summed E-state index contributed by atoms with van der Waals surface area (Å²) in [4.78, 5) is 14.5. The highest BCUT2D eigenvalue weighted by Crippen LogP contribution is 2.22. The molecule has 4 heteroatoms. The lowest BCUT2D eigenvalue weighted by Crippen LogP contribution is -2.39. The molecule has 0 aromatic heterocycles. The first-order chi connectivity index (χ1) is 13.2. The summed E-state index contributed by atoms with van der Waals surface area (Å²) < 4.78 is 0. The van der Waals surface area contributed by atoms with Gasteiger partial charge in [-0.2, -0.15) is 5.26 Å². The summed E-state index contributed by atoms with van der Waals surface area (Å²) in [6.45, 7) is 3.44. The second-order valence-corrected chi connectivity index (χ2v) is 7.11. The lowest BCUT2D eigenvalue weighted by atomic mass is 9.90. The molecule has 1 heterocycles. The highest BCUT2D eigenvalue weighted by Gasteiger charge is 2.25. The Bertz CT molecular complexity index is 826. The number of amides is 1. The van der Waals surface area contributed by atoms with Crippen molar-refractivity contribution in [2.24, 2.45) is 5.92 Å². The Hall–Kier alpha value is -3.06. The Morgan fingerprint density at radius 1 is 1.15 bits per heavy atom. The second-order valence-electron chi connectivity index (χ2n) is 7.11. The number of anilines is 1. The summed E-state index contributed by atoms with van der Waals surface area (Å²) in [5.74, 6) is 0.409. The maximum absolute atomic E-state index is 12.7. The van der Waals surface area contributed by atoms with Crippen molar-refractivity contribution in [1.82, 2.24) is 4.90 Å². The maximum atomic E-state index is 12.7. The van der Waals surface area contributed by atoms with E-state index in [0.29, 0.717) is 19.0 Å². The summed E-state index contributed by atoms with van der Waals surface area (Å²) in [5.41, 5.74) is 3.53.